The van der Waals surface area contributed by atoms with Crippen LogP contribution >= 0.6 is 0 Å². The Morgan fingerprint density at radius 3 is 2.54 bits per heavy atom. The van der Waals surface area contributed by atoms with Crippen molar-refractivity contribution in [3.8, 4) is 0 Å². The molecule has 0 amide bonds. The van der Waals surface area contributed by atoms with E-state index < -0.39 is 0 Å². The molecule has 2 atom stereocenters. The van der Waals surface area contributed by atoms with Gasteiger partial charge in [0.05, 0.1) is 0 Å². The normalized spacial score (nSPS) is 26.4. The van der Waals surface area contributed by atoms with Crippen molar-refractivity contribution in [1.82, 2.24) is 0 Å². The van der Waals surface area contributed by atoms with E-state index in [0.717, 1.165) is 23.4 Å². The highest BCUT2D eigenvalue weighted by atomic mass is 14.6. The fourth-order valence-corrected chi connectivity index (χ4v) is 2.16. The summed E-state index contributed by atoms with van der Waals surface area (Å²) in [6.07, 6.45) is 1.33. The molecular weight excluding hydrogens is 158 g/mol. The maximum Gasteiger partial charge on any atom is 0.0349 e. The maximum atomic E-state index is 5.92. The first-order valence-corrected chi connectivity index (χ1v) is 5.04. The van der Waals surface area contributed by atoms with Crippen LogP contribution in [0, 0.1) is 11.8 Å². The summed E-state index contributed by atoms with van der Waals surface area (Å²) in [6, 6.07) is 8.26. The topological polar surface area (TPSA) is 26.0 Å². The molecule has 1 nitrogen and oxygen atoms in total. The molecule has 0 bridgehead atoms. The van der Waals surface area contributed by atoms with Crippen LogP contribution in [0.5, 0.6) is 0 Å². The molecule has 0 spiro atoms. The van der Waals surface area contributed by atoms with Crippen LogP contribution in [0.15, 0.2) is 24.3 Å². The molecule has 2 rings (SSSR count). The lowest BCUT2D eigenvalue weighted by Crippen LogP contribution is -1.96. The van der Waals surface area contributed by atoms with E-state index in [1.807, 2.05) is 12.1 Å². The van der Waals surface area contributed by atoms with E-state index in [-0.39, 0.29) is 0 Å². The van der Waals surface area contributed by atoms with Crippen LogP contribution in [0.25, 0.3) is 0 Å². The van der Waals surface area contributed by atoms with Crippen molar-refractivity contribution in [2.24, 2.45) is 11.8 Å². The van der Waals surface area contributed by atoms with E-state index in [2.05, 4.69) is 26.0 Å². The van der Waals surface area contributed by atoms with Gasteiger partial charge in [-0.2, -0.15) is 0 Å². The van der Waals surface area contributed by atoms with E-state index in [0.29, 0.717) is 0 Å². The lowest BCUT2D eigenvalue weighted by Gasteiger charge is -2.06. The third-order valence-electron chi connectivity index (χ3n) is 3.09. The molecule has 1 aliphatic carbocycles. The molecule has 1 saturated carbocycles. The average molecular weight is 175 g/mol. The third-order valence-corrected chi connectivity index (χ3v) is 3.09. The summed E-state index contributed by atoms with van der Waals surface area (Å²) in [5.41, 5.74) is 8.25. The first kappa shape index (κ1) is 8.61. The first-order valence-electron chi connectivity index (χ1n) is 5.04. The van der Waals surface area contributed by atoms with E-state index >= 15 is 0 Å². The molecule has 2 N–H and O–H groups in total. The highest BCUT2D eigenvalue weighted by Crippen LogP contribution is 2.52. The van der Waals surface area contributed by atoms with Gasteiger partial charge in [-0.15, -0.1) is 0 Å². The maximum absolute atomic E-state index is 5.92. The molecule has 13 heavy (non-hydrogen) atoms. The molecule has 0 aromatic heterocycles. The summed E-state index contributed by atoms with van der Waals surface area (Å²) in [6.45, 7) is 4.59. The van der Waals surface area contributed by atoms with E-state index in [4.69, 9.17) is 5.73 Å². The smallest absolute Gasteiger partial charge is 0.0349 e. The number of nitrogens with two attached hydrogens (primary N) is 1. The molecular formula is C12H17N. The van der Waals surface area contributed by atoms with Crippen LogP contribution in [-0.4, -0.2) is 0 Å². The molecule has 0 heterocycles. The van der Waals surface area contributed by atoms with Crippen molar-refractivity contribution >= 4 is 5.69 Å². The van der Waals surface area contributed by atoms with Gasteiger partial charge in [-0.1, -0.05) is 32.0 Å². The van der Waals surface area contributed by atoms with Gasteiger partial charge in [0, 0.05) is 5.69 Å². The average Bonchev–Trinajstić information content (AvgIpc) is 2.84. The summed E-state index contributed by atoms with van der Waals surface area (Å²) in [5.74, 6) is 2.40. The van der Waals surface area contributed by atoms with Crippen molar-refractivity contribution in [2.75, 3.05) is 5.73 Å². The number of nitrogen functional groups attached to an aromatic ring is 1. The van der Waals surface area contributed by atoms with Crippen LogP contribution < -0.4 is 5.73 Å². The van der Waals surface area contributed by atoms with Gasteiger partial charge in [0.2, 0.25) is 0 Å². The number of benzene rings is 1. The summed E-state index contributed by atoms with van der Waals surface area (Å²) < 4.78 is 0. The van der Waals surface area contributed by atoms with Gasteiger partial charge in [0.1, 0.15) is 0 Å². The number of hydrogen-bond donors (Lipinski definition) is 1. The van der Waals surface area contributed by atoms with Crippen LogP contribution in [0.3, 0.4) is 0 Å². The summed E-state index contributed by atoms with van der Waals surface area (Å²) in [7, 11) is 0. The summed E-state index contributed by atoms with van der Waals surface area (Å²) in [5, 5.41) is 0. The van der Waals surface area contributed by atoms with Crippen molar-refractivity contribution in [2.45, 2.75) is 26.2 Å². The Balaban J connectivity index is 2.16. The van der Waals surface area contributed by atoms with Gasteiger partial charge in [-0.3, -0.25) is 0 Å². The molecule has 1 fully saturated rings. The van der Waals surface area contributed by atoms with Crippen LogP contribution in [0.1, 0.15) is 31.7 Å². The predicted octanol–water partition coefficient (Wildman–Crippen LogP) is 3.03. The lowest BCUT2D eigenvalue weighted by molar-refractivity contribution is 0.549. The van der Waals surface area contributed by atoms with Gasteiger partial charge in [-0.25, -0.2) is 0 Å². The minimum atomic E-state index is 0.737. The highest BCUT2D eigenvalue weighted by molar-refractivity contribution is 5.50. The van der Waals surface area contributed by atoms with Gasteiger partial charge >= 0.3 is 0 Å². The standard InChI is InChI=1S/C12H17N/c1-8(2)10-7-11(10)9-5-3-4-6-12(9)13/h3-6,8,10-11H,7,13H2,1-2H3/t10-,11-/m0/s1. The predicted molar refractivity (Wildman–Crippen MR) is 56.5 cm³/mol. The molecule has 0 aliphatic heterocycles. The minimum Gasteiger partial charge on any atom is -0.398 e. The Hall–Kier alpha value is -0.980. The van der Waals surface area contributed by atoms with Crippen molar-refractivity contribution in [3.63, 3.8) is 0 Å². The zero-order chi connectivity index (χ0) is 9.42. The second-order valence-corrected chi connectivity index (χ2v) is 4.38. The zero-order valence-electron chi connectivity index (χ0n) is 8.33. The van der Waals surface area contributed by atoms with E-state index in [9.17, 15) is 0 Å². The Morgan fingerprint density at radius 2 is 2.00 bits per heavy atom. The van der Waals surface area contributed by atoms with Crippen molar-refractivity contribution in [1.29, 1.82) is 0 Å². The van der Waals surface area contributed by atoms with Crippen LogP contribution in [0.2, 0.25) is 0 Å². The summed E-state index contributed by atoms with van der Waals surface area (Å²) >= 11 is 0. The van der Waals surface area contributed by atoms with Crippen LogP contribution in [-0.2, 0) is 0 Å². The summed E-state index contributed by atoms with van der Waals surface area (Å²) in [4.78, 5) is 0. The highest BCUT2D eigenvalue weighted by Gasteiger charge is 2.40. The van der Waals surface area contributed by atoms with Gasteiger partial charge in [0.15, 0.2) is 0 Å². The Bertz CT molecular complexity index is 304. The first-order chi connectivity index (χ1) is 6.20. The van der Waals surface area contributed by atoms with E-state index in [1.165, 1.54) is 12.0 Å². The molecule has 1 heteroatoms. The van der Waals surface area contributed by atoms with Gasteiger partial charge in [0.25, 0.3) is 0 Å². The number of rotatable bonds is 2. The molecule has 0 radical (unpaired) electrons. The fraction of sp³-hybridized carbons (Fsp3) is 0.500. The fourth-order valence-electron chi connectivity index (χ4n) is 2.16. The molecule has 70 valence electrons. The monoisotopic (exact) mass is 175 g/mol. The van der Waals surface area contributed by atoms with Crippen LogP contribution in [0.4, 0.5) is 5.69 Å². The molecule has 0 unspecified atom stereocenters. The Morgan fingerprint density at radius 1 is 1.31 bits per heavy atom. The quantitative estimate of drug-likeness (QED) is 0.687. The third kappa shape index (κ3) is 1.55. The SMILES string of the molecule is CC(C)[C@@H]1C[C@H]1c1ccccc1N. The second-order valence-electron chi connectivity index (χ2n) is 4.38. The van der Waals surface area contributed by atoms with Gasteiger partial charge in [-0.05, 0) is 35.8 Å². The molecule has 0 saturated heterocycles. The molecule has 1 aromatic rings. The largest absolute Gasteiger partial charge is 0.398 e. The molecule has 1 aromatic carbocycles. The second kappa shape index (κ2) is 3.06. The van der Waals surface area contributed by atoms with Gasteiger partial charge < -0.3 is 5.73 Å². The number of anilines is 1. The van der Waals surface area contributed by atoms with E-state index in [1.54, 1.807) is 0 Å². The zero-order valence-corrected chi connectivity index (χ0v) is 8.33. The Kier molecular flexibility index (Phi) is 2.03. The minimum absolute atomic E-state index is 0.737. The Labute approximate surface area is 80.0 Å². The van der Waals surface area contributed by atoms with Crippen molar-refractivity contribution in [3.05, 3.63) is 29.8 Å². The number of para-hydroxylation sites is 1. The number of hydrogen-bond acceptors (Lipinski definition) is 1. The van der Waals surface area contributed by atoms with Crippen molar-refractivity contribution < 1.29 is 0 Å². The lowest BCUT2D eigenvalue weighted by atomic mass is 10.0. The molecule has 1 aliphatic rings.